The quantitative estimate of drug-likeness (QED) is 0.741. The first-order valence-electron chi connectivity index (χ1n) is 7.46. The summed E-state index contributed by atoms with van der Waals surface area (Å²) in [5.74, 6) is 0. The molecule has 114 valence electrons. The Balaban J connectivity index is 2.63. The van der Waals surface area contributed by atoms with Crippen LogP contribution in [-0.4, -0.2) is 15.0 Å². The molecule has 1 rings (SSSR count). The van der Waals surface area contributed by atoms with Crippen LogP contribution in [0.3, 0.4) is 0 Å². The van der Waals surface area contributed by atoms with Crippen LogP contribution < -0.4 is 4.72 Å². The first-order valence-corrected chi connectivity index (χ1v) is 8.94. The Morgan fingerprint density at radius 3 is 2.15 bits per heavy atom. The molecule has 0 aliphatic heterocycles. The lowest BCUT2D eigenvalue weighted by atomic mass is 10.1. The number of sulfonamides is 1. The van der Waals surface area contributed by atoms with Crippen LogP contribution in [0.5, 0.6) is 0 Å². The van der Waals surface area contributed by atoms with Crippen molar-refractivity contribution in [3.8, 4) is 0 Å². The van der Waals surface area contributed by atoms with Gasteiger partial charge in [-0.05, 0) is 49.9 Å². The molecular formula is C16H27NO2S. The van der Waals surface area contributed by atoms with E-state index in [1.807, 2.05) is 26.8 Å². The molecule has 3 nitrogen and oxygen atoms in total. The fraction of sp³-hybridized carbons (Fsp3) is 0.625. The fourth-order valence-electron chi connectivity index (χ4n) is 2.24. The molecule has 4 heteroatoms. The molecule has 0 saturated heterocycles. The zero-order chi connectivity index (χ0) is 15.2. The summed E-state index contributed by atoms with van der Waals surface area (Å²) in [5, 5.41) is 0. The van der Waals surface area contributed by atoms with Crippen LogP contribution in [0, 0.1) is 20.8 Å². The van der Waals surface area contributed by atoms with E-state index in [4.69, 9.17) is 0 Å². The number of rotatable bonds is 8. The van der Waals surface area contributed by atoms with E-state index in [0.29, 0.717) is 11.4 Å². The average Bonchev–Trinajstić information content (AvgIpc) is 2.37. The minimum atomic E-state index is -3.37. The Morgan fingerprint density at radius 2 is 1.50 bits per heavy atom. The molecule has 1 aromatic carbocycles. The van der Waals surface area contributed by atoms with Crippen LogP contribution in [0.25, 0.3) is 0 Å². The molecule has 0 unspecified atom stereocenters. The summed E-state index contributed by atoms with van der Waals surface area (Å²) in [6.07, 6.45) is 5.60. The highest BCUT2D eigenvalue weighted by atomic mass is 32.2. The Hall–Kier alpha value is -0.870. The minimum absolute atomic E-state index is 0.411. The van der Waals surface area contributed by atoms with E-state index >= 15 is 0 Å². The van der Waals surface area contributed by atoms with E-state index in [9.17, 15) is 8.42 Å². The lowest BCUT2D eigenvalue weighted by molar-refractivity contribution is 0.570. The van der Waals surface area contributed by atoms with Crippen LogP contribution in [0.15, 0.2) is 17.0 Å². The molecule has 1 N–H and O–H groups in total. The van der Waals surface area contributed by atoms with E-state index in [-0.39, 0.29) is 0 Å². The van der Waals surface area contributed by atoms with Gasteiger partial charge in [-0.25, -0.2) is 13.1 Å². The monoisotopic (exact) mass is 297 g/mol. The molecule has 0 fully saturated rings. The maximum absolute atomic E-state index is 12.3. The van der Waals surface area contributed by atoms with E-state index in [1.165, 1.54) is 19.3 Å². The largest absolute Gasteiger partial charge is 0.240 e. The Labute approximate surface area is 123 Å². The smallest absolute Gasteiger partial charge is 0.211 e. The summed E-state index contributed by atoms with van der Waals surface area (Å²) in [6.45, 7) is 8.49. The predicted octanol–water partition coefficient (Wildman–Crippen LogP) is 3.86. The van der Waals surface area contributed by atoms with Crippen LogP contribution in [0.4, 0.5) is 0 Å². The third-order valence-electron chi connectivity index (χ3n) is 3.65. The van der Waals surface area contributed by atoms with Gasteiger partial charge in [-0.2, -0.15) is 0 Å². The molecule has 0 aromatic heterocycles. The minimum Gasteiger partial charge on any atom is -0.211 e. The first-order chi connectivity index (χ1) is 9.38. The van der Waals surface area contributed by atoms with Crippen LogP contribution >= 0.6 is 0 Å². The average molecular weight is 297 g/mol. The molecular weight excluding hydrogens is 270 g/mol. The van der Waals surface area contributed by atoms with Gasteiger partial charge in [0, 0.05) is 6.54 Å². The zero-order valence-corrected chi connectivity index (χ0v) is 13.9. The van der Waals surface area contributed by atoms with E-state index in [1.54, 1.807) is 6.07 Å². The summed E-state index contributed by atoms with van der Waals surface area (Å²) in [6, 6.07) is 3.70. The molecule has 1 aromatic rings. The van der Waals surface area contributed by atoms with Gasteiger partial charge in [0.05, 0.1) is 4.90 Å². The van der Waals surface area contributed by atoms with E-state index in [2.05, 4.69) is 11.6 Å². The first kappa shape index (κ1) is 17.2. The standard InChI is InChI=1S/C16H27NO2S/c1-5-6-7-8-9-10-17-20(18,19)16-12-14(3)13(2)11-15(16)4/h11-12,17H,5-10H2,1-4H3. The lowest BCUT2D eigenvalue weighted by Gasteiger charge is -2.11. The summed E-state index contributed by atoms with van der Waals surface area (Å²) in [5.41, 5.74) is 2.95. The van der Waals surface area contributed by atoms with Gasteiger partial charge in [-0.15, -0.1) is 0 Å². The molecule has 0 heterocycles. The molecule has 0 radical (unpaired) electrons. The van der Waals surface area contributed by atoms with Crippen LogP contribution in [0.2, 0.25) is 0 Å². The zero-order valence-electron chi connectivity index (χ0n) is 13.1. The van der Waals surface area contributed by atoms with Crippen molar-refractivity contribution in [2.45, 2.75) is 64.7 Å². The summed E-state index contributed by atoms with van der Waals surface area (Å²) in [7, 11) is -3.37. The normalized spacial score (nSPS) is 11.8. The third-order valence-corrected chi connectivity index (χ3v) is 5.26. The highest BCUT2D eigenvalue weighted by Gasteiger charge is 2.16. The SMILES string of the molecule is CCCCCCCNS(=O)(=O)c1cc(C)c(C)cc1C. The van der Waals surface area contributed by atoms with Crippen molar-refractivity contribution in [3.05, 3.63) is 28.8 Å². The second-order valence-corrected chi connectivity index (χ2v) is 7.25. The number of nitrogens with one attached hydrogen (secondary N) is 1. The summed E-state index contributed by atoms with van der Waals surface area (Å²) < 4.78 is 27.3. The highest BCUT2D eigenvalue weighted by molar-refractivity contribution is 7.89. The number of aryl methyl sites for hydroxylation is 3. The molecule has 20 heavy (non-hydrogen) atoms. The van der Waals surface area contributed by atoms with Crippen molar-refractivity contribution in [2.24, 2.45) is 0 Å². The van der Waals surface area contributed by atoms with Gasteiger partial charge in [-0.1, -0.05) is 38.7 Å². The summed E-state index contributed by atoms with van der Waals surface area (Å²) in [4.78, 5) is 0.411. The van der Waals surface area contributed by atoms with Crippen molar-refractivity contribution in [3.63, 3.8) is 0 Å². The van der Waals surface area contributed by atoms with Crippen molar-refractivity contribution in [2.75, 3.05) is 6.54 Å². The molecule has 0 saturated carbocycles. The molecule has 0 bridgehead atoms. The second-order valence-electron chi connectivity index (χ2n) is 5.51. The number of benzene rings is 1. The topological polar surface area (TPSA) is 46.2 Å². The fourth-order valence-corrected chi connectivity index (χ4v) is 3.62. The molecule has 0 atom stereocenters. The molecule has 0 spiro atoms. The van der Waals surface area contributed by atoms with Gasteiger partial charge < -0.3 is 0 Å². The number of unbranched alkanes of at least 4 members (excludes halogenated alkanes) is 4. The van der Waals surface area contributed by atoms with Crippen LogP contribution in [-0.2, 0) is 10.0 Å². The van der Waals surface area contributed by atoms with Gasteiger partial charge >= 0.3 is 0 Å². The number of hydrogen-bond acceptors (Lipinski definition) is 2. The molecule has 0 aliphatic carbocycles. The van der Waals surface area contributed by atoms with Crippen LogP contribution in [0.1, 0.15) is 55.7 Å². The third kappa shape index (κ3) is 4.91. The predicted molar refractivity (Wildman–Crippen MR) is 84.6 cm³/mol. The van der Waals surface area contributed by atoms with Crippen molar-refractivity contribution < 1.29 is 8.42 Å². The molecule has 0 aliphatic rings. The highest BCUT2D eigenvalue weighted by Crippen LogP contribution is 2.19. The van der Waals surface area contributed by atoms with E-state index in [0.717, 1.165) is 29.5 Å². The maximum atomic E-state index is 12.3. The Bertz CT molecular complexity index is 536. The van der Waals surface area contributed by atoms with Gasteiger partial charge in [0.2, 0.25) is 10.0 Å². The van der Waals surface area contributed by atoms with E-state index < -0.39 is 10.0 Å². The van der Waals surface area contributed by atoms with Crippen molar-refractivity contribution in [1.82, 2.24) is 4.72 Å². The Morgan fingerprint density at radius 1 is 0.900 bits per heavy atom. The molecule has 0 amide bonds. The number of hydrogen-bond donors (Lipinski definition) is 1. The Kier molecular flexibility index (Phi) is 6.69. The maximum Gasteiger partial charge on any atom is 0.240 e. The van der Waals surface area contributed by atoms with Crippen molar-refractivity contribution in [1.29, 1.82) is 0 Å². The summed E-state index contributed by atoms with van der Waals surface area (Å²) >= 11 is 0. The van der Waals surface area contributed by atoms with Gasteiger partial charge in [0.15, 0.2) is 0 Å². The van der Waals surface area contributed by atoms with Crippen molar-refractivity contribution >= 4 is 10.0 Å². The second kappa shape index (κ2) is 7.79. The van der Waals surface area contributed by atoms with Gasteiger partial charge in [-0.3, -0.25) is 0 Å². The van der Waals surface area contributed by atoms with Gasteiger partial charge in [0.1, 0.15) is 0 Å². The lowest BCUT2D eigenvalue weighted by Crippen LogP contribution is -2.25. The van der Waals surface area contributed by atoms with Gasteiger partial charge in [0.25, 0.3) is 0 Å².